The molecule has 6 heteroatoms. The van der Waals surface area contributed by atoms with E-state index in [-0.39, 0.29) is 0 Å². The fraction of sp³-hybridized carbons (Fsp3) is 0.643. The zero-order valence-electron chi connectivity index (χ0n) is 12.9. The summed E-state index contributed by atoms with van der Waals surface area (Å²) in [5.41, 5.74) is 6.43. The van der Waals surface area contributed by atoms with E-state index in [1.807, 2.05) is 34.6 Å². The zero-order valence-corrected chi connectivity index (χ0v) is 12.9. The summed E-state index contributed by atoms with van der Waals surface area (Å²) in [6.45, 7) is 9.95. The number of hydrogen-bond acceptors (Lipinski definition) is 5. The van der Waals surface area contributed by atoms with Crippen LogP contribution >= 0.6 is 0 Å². The van der Waals surface area contributed by atoms with Crippen LogP contribution in [0.5, 0.6) is 0 Å². The number of nitrogens with two attached hydrogens (primary N) is 1. The van der Waals surface area contributed by atoms with Gasteiger partial charge >= 0.3 is 6.09 Å². The molecule has 1 heterocycles. The molecule has 6 nitrogen and oxygen atoms in total. The van der Waals surface area contributed by atoms with Crippen LogP contribution in [-0.2, 0) is 10.2 Å². The lowest BCUT2D eigenvalue weighted by Gasteiger charge is -2.28. The number of hydrogen-bond donors (Lipinski definition) is 2. The van der Waals surface area contributed by atoms with Crippen molar-refractivity contribution in [1.29, 1.82) is 0 Å². The number of carbonyl (C=O) groups excluding carboxylic acids is 1. The molecule has 0 radical (unpaired) electrons. The summed E-state index contributed by atoms with van der Waals surface area (Å²) in [5, 5.41) is 2.73. The van der Waals surface area contributed by atoms with E-state index >= 15 is 0 Å². The first-order chi connectivity index (χ1) is 9.16. The Bertz CT molecular complexity index is 453. The van der Waals surface area contributed by atoms with Crippen LogP contribution < -0.4 is 11.1 Å². The van der Waals surface area contributed by atoms with E-state index in [1.54, 1.807) is 12.4 Å². The van der Waals surface area contributed by atoms with E-state index in [4.69, 9.17) is 10.5 Å². The first kappa shape index (κ1) is 16.4. The Morgan fingerprint density at radius 2 is 1.95 bits per heavy atom. The van der Waals surface area contributed by atoms with Crippen LogP contribution in [0.3, 0.4) is 0 Å². The zero-order chi connectivity index (χ0) is 15.4. The minimum absolute atomic E-state index is 0.343. The lowest BCUT2D eigenvalue weighted by molar-refractivity contribution is 0.0516. The average Bonchev–Trinajstić information content (AvgIpc) is 2.35. The Balaban J connectivity index is 2.71. The SMILES string of the molecule is Cc1cnc(C(C)(CN)CNC(=O)OC(C)(C)C)cn1. The fourth-order valence-corrected chi connectivity index (χ4v) is 1.55. The maximum Gasteiger partial charge on any atom is 0.407 e. The molecule has 0 aliphatic carbocycles. The van der Waals surface area contributed by atoms with Crippen LogP contribution in [0, 0.1) is 6.92 Å². The van der Waals surface area contributed by atoms with Gasteiger partial charge in [-0.3, -0.25) is 9.97 Å². The fourth-order valence-electron chi connectivity index (χ4n) is 1.55. The van der Waals surface area contributed by atoms with Gasteiger partial charge < -0.3 is 15.8 Å². The van der Waals surface area contributed by atoms with Crippen molar-refractivity contribution in [3.8, 4) is 0 Å². The van der Waals surface area contributed by atoms with Crippen molar-refractivity contribution in [2.24, 2.45) is 5.73 Å². The molecule has 1 rings (SSSR count). The predicted octanol–water partition coefficient (Wildman–Crippen LogP) is 1.53. The van der Waals surface area contributed by atoms with Gasteiger partial charge in [-0.15, -0.1) is 0 Å². The Hall–Kier alpha value is -1.69. The van der Waals surface area contributed by atoms with Gasteiger partial charge in [0.15, 0.2) is 0 Å². The molecule has 1 amide bonds. The highest BCUT2D eigenvalue weighted by molar-refractivity contribution is 5.67. The number of nitrogens with one attached hydrogen (secondary N) is 1. The Morgan fingerprint density at radius 3 is 2.40 bits per heavy atom. The number of aromatic nitrogens is 2. The van der Waals surface area contributed by atoms with Crippen molar-refractivity contribution in [3.63, 3.8) is 0 Å². The highest BCUT2D eigenvalue weighted by Crippen LogP contribution is 2.19. The summed E-state index contributed by atoms with van der Waals surface area (Å²) in [6.07, 6.45) is 2.92. The molecule has 1 aromatic rings. The first-order valence-electron chi connectivity index (χ1n) is 6.62. The minimum atomic E-state index is -0.521. The Labute approximate surface area is 120 Å². The third-order valence-corrected chi connectivity index (χ3v) is 2.87. The summed E-state index contributed by atoms with van der Waals surface area (Å²) in [4.78, 5) is 20.3. The van der Waals surface area contributed by atoms with Crippen molar-refractivity contribution in [2.45, 2.75) is 45.6 Å². The van der Waals surface area contributed by atoms with E-state index < -0.39 is 17.1 Å². The van der Waals surface area contributed by atoms with Gasteiger partial charge in [-0.2, -0.15) is 0 Å². The highest BCUT2D eigenvalue weighted by atomic mass is 16.6. The van der Waals surface area contributed by atoms with Crippen LogP contribution in [0.15, 0.2) is 12.4 Å². The van der Waals surface area contributed by atoms with Crippen molar-refractivity contribution in [1.82, 2.24) is 15.3 Å². The molecule has 112 valence electrons. The lowest BCUT2D eigenvalue weighted by Crippen LogP contribution is -2.45. The molecule has 3 N–H and O–H groups in total. The standard InChI is InChI=1S/C14H24N4O2/c1-10-6-17-11(7-16-10)14(5,8-15)9-18-12(19)20-13(2,3)4/h6-7H,8-9,15H2,1-5H3,(H,18,19). The van der Waals surface area contributed by atoms with Gasteiger partial charge in [0.2, 0.25) is 0 Å². The molecule has 0 spiro atoms. The number of amides is 1. The maximum atomic E-state index is 11.7. The first-order valence-corrected chi connectivity index (χ1v) is 6.62. The normalized spacial score (nSPS) is 14.5. The van der Waals surface area contributed by atoms with Crippen molar-refractivity contribution >= 4 is 6.09 Å². The molecule has 0 saturated carbocycles. The predicted molar refractivity (Wildman–Crippen MR) is 77.4 cm³/mol. The van der Waals surface area contributed by atoms with Gasteiger partial charge in [0.05, 0.1) is 11.4 Å². The van der Waals surface area contributed by atoms with Crippen LogP contribution in [0.2, 0.25) is 0 Å². The van der Waals surface area contributed by atoms with Gasteiger partial charge in [0, 0.05) is 30.9 Å². The number of carbonyl (C=O) groups is 1. The van der Waals surface area contributed by atoms with Crippen LogP contribution in [-0.4, -0.2) is 34.8 Å². The summed E-state index contributed by atoms with van der Waals surface area (Å²) in [5.74, 6) is 0. The monoisotopic (exact) mass is 280 g/mol. The number of nitrogens with zero attached hydrogens (tertiary/aromatic N) is 2. The number of aryl methyl sites for hydroxylation is 1. The lowest BCUT2D eigenvalue weighted by atomic mass is 9.87. The smallest absolute Gasteiger partial charge is 0.407 e. The van der Waals surface area contributed by atoms with Gasteiger partial charge in [0.25, 0.3) is 0 Å². The van der Waals surface area contributed by atoms with Crippen molar-refractivity contribution in [3.05, 3.63) is 23.8 Å². The molecule has 1 aromatic heterocycles. The summed E-state index contributed by atoms with van der Waals surface area (Å²) >= 11 is 0. The third kappa shape index (κ3) is 4.77. The molecule has 1 unspecified atom stereocenters. The molecule has 0 aliphatic heterocycles. The van der Waals surface area contributed by atoms with Gasteiger partial charge in [-0.05, 0) is 27.7 Å². The summed E-state index contributed by atoms with van der Waals surface area (Å²) in [6, 6.07) is 0. The second-order valence-corrected chi connectivity index (χ2v) is 6.16. The molecule has 0 fully saturated rings. The number of ether oxygens (including phenoxy) is 1. The van der Waals surface area contributed by atoms with Crippen molar-refractivity contribution < 1.29 is 9.53 Å². The Kier molecular flexibility index (Phi) is 5.05. The van der Waals surface area contributed by atoms with Gasteiger partial charge in [-0.1, -0.05) is 6.92 Å². The van der Waals surface area contributed by atoms with Gasteiger partial charge in [-0.25, -0.2) is 4.79 Å². The molecular formula is C14H24N4O2. The van der Waals surface area contributed by atoms with E-state index in [0.717, 1.165) is 11.4 Å². The topological polar surface area (TPSA) is 90.1 Å². The Morgan fingerprint density at radius 1 is 1.30 bits per heavy atom. The summed E-state index contributed by atoms with van der Waals surface area (Å²) < 4.78 is 5.21. The molecule has 0 aliphatic rings. The molecule has 20 heavy (non-hydrogen) atoms. The maximum absolute atomic E-state index is 11.7. The second kappa shape index (κ2) is 6.17. The van der Waals surface area contributed by atoms with Crippen molar-refractivity contribution in [2.75, 3.05) is 13.1 Å². The van der Waals surface area contributed by atoms with Crippen LogP contribution in [0.4, 0.5) is 4.79 Å². The third-order valence-electron chi connectivity index (χ3n) is 2.87. The number of alkyl carbamates (subject to hydrolysis) is 1. The summed E-state index contributed by atoms with van der Waals surface area (Å²) in [7, 11) is 0. The van der Waals surface area contributed by atoms with Crippen LogP contribution in [0.25, 0.3) is 0 Å². The van der Waals surface area contributed by atoms with Gasteiger partial charge in [0.1, 0.15) is 5.60 Å². The van der Waals surface area contributed by atoms with Crippen LogP contribution in [0.1, 0.15) is 39.1 Å². The number of rotatable bonds is 4. The molecule has 0 aromatic carbocycles. The van der Waals surface area contributed by atoms with E-state index in [1.165, 1.54) is 0 Å². The van der Waals surface area contributed by atoms with E-state index in [9.17, 15) is 4.79 Å². The minimum Gasteiger partial charge on any atom is -0.444 e. The quantitative estimate of drug-likeness (QED) is 0.872. The molecule has 0 saturated heterocycles. The molecular weight excluding hydrogens is 256 g/mol. The molecule has 1 atom stereocenters. The molecule has 0 bridgehead atoms. The average molecular weight is 280 g/mol. The van der Waals surface area contributed by atoms with E-state index in [0.29, 0.717) is 13.1 Å². The highest BCUT2D eigenvalue weighted by Gasteiger charge is 2.28. The second-order valence-electron chi connectivity index (χ2n) is 6.16. The van der Waals surface area contributed by atoms with E-state index in [2.05, 4.69) is 15.3 Å². The largest absolute Gasteiger partial charge is 0.444 e.